The topological polar surface area (TPSA) is 54.4 Å². The molecule has 0 aliphatic carbocycles. The van der Waals surface area contributed by atoms with Gasteiger partial charge in [-0.3, -0.25) is 4.57 Å². The van der Waals surface area contributed by atoms with Gasteiger partial charge in [0.05, 0.1) is 0 Å². The quantitative estimate of drug-likeness (QED) is 0.396. The van der Waals surface area contributed by atoms with Crippen LogP contribution in [0.2, 0.25) is 0 Å². The Morgan fingerprint density at radius 2 is 1.92 bits per heavy atom. The number of hydrogen-bond acceptors (Lipinski definition) is 2. The zero-order chi connectivity index (χ0) is 8.69. The van der Waals surface area contributed by atoms with E-state index in [1.807, 2.05) is 0 Å². The summed E-state index contributed by atoms with van der Waals surface area (Å²) in [7, 11) is -2.27. The summed E-state index contributed by atoms with van der Waals surface area (Å²) >= 11 is 0. The first-order valence-corrected chi connectivity index (χ1v) is 5.40. The number of ketones is 1. The Kier molecular flexibility index (Phi) is 12.7. The Balaban J connectivity index is 0. The van der Waals surface area contributed by atoms with Gasteiger partial charge in [0, 0.05) is 12.6 Å². The van der Waals surface area contributed by atoms with Gasteiger partial charge in [0.2, 0.25) is 0 Å². The number of hydrogen-bond donors (Lipinski definition) is 1. The summed E-state index contributed by atoms with van der Waals surface area (Å²) in [5.74, 6) is 0.196. The molecule has 1 unspecified atom stereocenters. The molecule has 0 aliphatic rings. The molecule has 0 aromatic rings. The third-order valence-electron chi connectivity index (χ3n) is 1.42. The van der Waals surface area contributed by atoms with Crippen LogP contribution in [0.25, 0.3) is 0 Å². The van der Waals surface area contributed by atoms with Crippen LogP contribution in [0.5, 0.6) is 0 Å². The van der Waals surface area contributed by atoms with Crippen LogP contribution < -0.4 is 0 Å². The monoisotopic (exact) mass is 202 g/mol. The first-order chi connectivity index (χ1) is 5.13. The van der Waals surface area contributed by atoms with Crippen molar-refractivity contribution in [1.29, 1.82) is 0 Å². The van der Waals surface area contributed by atoms with Crippen LogP contribution in [-0.4, -0.2) is 46.4 Å². The Morgan fingerprint density at radius 3 is 2.33 bits per heavy atom. The zero-order valence-electron chi connectivity index (χ0n) is 6.80. The summed E-state index contributed by atoms with van der Waals surface area (Å²) in [5.41, 5.74) is 0. The Bertz CT molecular complexity index is 134. The van der Waals surface area contributed by atoms with E-state index < -0.39 is 8.03 Å². The molecule has 0 radical (unpaired) electrons. The van der Waals surface area contributed by atoms with Crippen molar-refractivity contribution in [2.45, 2.75) is 32.6 Å². The second kappa shape index (κ2) is 9.94. The Morgan fingerprint density at radius 1 is 1.33 bits per heavy atom. The van der Waals surface area contributed by atoms with E-state index in [9.17, 15) is 9.36 Å². The summed E-state index contributed by atoms with van der Waals surface area (Å²) in [5, 5.41) is 0. The molecule has 0 spiro atoms. The van der Waals surface area contributed by atoms with Gasteiger partial charge in [-0.2, -0.15) is 0 Å². The van der Waals surface area contributed by atoms with Gasteiger partial charge in [-0.05, 0) is 19.8 Å². The van der Waals surface area contributed by atoms with E-state index in [4.69, 9.17) is 4.89 Å². The first-order valence-electron chi connectivity index (χ1n) is 3.84. The van der Waals surface area contributed by atoms with Gasteiger partial charge < -0.3 is 9.69 Å². The van der Waals surface area contributed by atoms with Crippen LogP contribution in [0.3, 0.4) is 0 Å². The molecule has 12 heavy (non-hydrogen) atoms. The van der Waals surface area contributed by atoms with E-state index in [0.717, 1.165) is 19.3 Å². The molecule has 0 saturated heterocycles. The summed E-state index contributed by atoms with van der Waals surface area (Å²) in [6.45, 7) is 1.56. The van der Waals surface area contributed by atoms with Crippen LogP contribution in [0.4, 0.5) is 0 Å². The van der Waals surface area contributed by atoms with Crippen molar-refractivity contribution in [1.82, 2.24) is 0 Å². The number of rotatable bonds is 6. The molecule has 0 heterocycles. The van der Waals surface area contributed by atoms with Crippen molar-refractivity contribution in [2.75, 3.05) is 6.16 Å². The van der Waals surface area contributed by atoms with Gasteiger partial charge in [0.1, 0.15) is 5.78 Å². The standard InChI is InChI=1S/C7H15O3P.Na.H/c1-7(8)5-3-2-4-6-11(9)10;;/h11H,2-6H2,1H3,(H,9,10);;. The van der Waals surface area contributed by atoms with Crippen molar-refractivity contribution in [2.24, 2.45) is 0 Å². The average Bonchev–Trinajstić information content (AvgIpc) is 1.85. The van der Waals surface area contributed by atoms with E-state index in [0.29, 0.717) is 12.6 Å². The van der Waals surface area contributed by atoms with Crippen molar-refractivity contribution in [3.8, 4) is 0 Å². The number of unbranched alkanes of at least 4 members (excludes halogenated alkanes) is 2. The molecule has 0 aromatic carbocycles. The van der Waals surface area contributed by atoms with E-state index in [1.165, 1.54) is 0 Å². The predicted octanol–water partition coefficient (Wildman–Crippen LogP) is 0.954. The number of Topliss-reactive ketones (excluding diaryl/α,β-unsaturated/α-hetero) is 1. The SMILES string of the molecule is CC(=O)CCCCC[PH](=O)O.[NaH]. The summed E-state index contributed by atoms with van der Waals surface area (Å²) < 4.78 is 10.2. The molecule has 0 fully saturated rings. The maximum absolute atomic E-state index is 10.4. The van der Waals surface area contributed by atoms with E-state index in [1.54, 1.807) is 6.92 Å². The van der Waals surface area contributed by atoms with Crippen molar-refractivity contribution < 1.29 is 14.3 Å². The molecule has 0 aromatic heterocycles. The van der Waals surface area contributed by atoms with E-state index in [2.05, 4.69) is 0 Å². The number of carbonyl (C=O) groups is 1. The van der Waals surface area contributed by atoms with Crippen LogP contribution in [0, 0.1) is 0 Å². The second-order valence-electron chi connectivity index (χ2n) is 2.66. The molecule has 0 saturated carbocycles. The molecule has 5 heteroatoms. The first kappa shape index (κ1) is 15.3. The number of carbonyl (C=O) groups excluding carboxylic acids is 1. The van der Waals surface area contributed by atoms with Gasteiger partial charge in [0.15, 0.2) is 8.03 Å². The third kappa shape index (κ3) is 13.4. The van der Waals surface area contributed by atoms with Crippen LogP contribution in [0.15, 0.2) is 0 Å². The molecule has 3 nitrogen and oxygen atoms in total. The minimum absolute atomic E-state index is 0. The minimum atomic E-state index is -2.27. The third-order valence-corrected chi connectivity index (χ3v) is 2.20. The van der Waals surface area contributed by atoms with Crippen molar-refractivity contribution >= 4 is 43.4 Å². The fraction of sp³-hybridized carbons (Fsp3) is 0.857. The van der Waals surface area contributed by atoms with Gasteiger partial charge >= 0.3 is 29.6 Å². The Hall–Kier alpha value is 0.860. The molecule has 0 rings (SSSR count). The summed E-state index contributed by atoms with van der Waals surface area (Å²) in [4.78, 5) is 18.9. The fourth-order valence-corrected chi connectivity index (χ4v) is 1.38. The van der Waals surface area contributed by atoms with Crippen molar-refractivity contribution in [3.63, 3.8) is 0 Å². The molecular weight excluding hydrogens is 186 g/mol. The van der Waals surface area contributed by atoms with Crippen LogP contribution in [-0.2, 0) is 9.36 Å². The second-order valence-corrected chi connectivity index (χ2v) is 3.94. The van der Waals surface area contributed by atoms with E-state index >= 15 is 0 Å². The predicted molar refractivity (Wildman–Crippen MR) is 52.4 cm³/mol. The van der Waals surface area contributed by atoms with Gasteiger partial charge in [-0.15, -0.1) is 0 Å². The van der Waals surface area contributed by atoms with Gasteiger partial charge in [-0.25, -0.2) is 0 Å². The van der Waals surface area contributed by atoms with Crippen LogP contribution in [0.1, 0.15) is 32.6 Å². The van der Waals surface area contributed by atoms with Gasteiger partial charge in [-0.1, -0.05) is 6.42 Å². The average molecular weight is 202 g/mol. The summed E-state index contributed by atoms with van der Waals surface area (Å²) in [6.07, 6.45) is 3.51. The van der Waals surface area contributed by atoms with Crippen LogP contribution >= 0.6 is 8.03 Å². The normalized spacial score (nSPS) is 11.8. The molecule has 0 aliphatic heterocycles. The van der Waals surface area contributed by atoms with Crippen molar-refractivity contribution in [3.05, 3.63) is 0 Å². The molecule has 68 valence electrons. The molecule has 1 N–H and O–H groups in total. The molecule has 1 atom stereocenters. The molecule has 0 amide bonds. The molecule has 0 bridgehead atoms. The zero-order valence-corrected chi connectivity index (χ0v) is 7.80. The summed E-state index contributed by atoms with van der Waals surface area (Å²) in [6, 6.07) is 0. The molecular formula is C7H16NaO3P. The Labute approximate surface area is 96.1 Å². The maximum atomic E-state index is 10.4. The van der Waals surface area contributed by atoms with E-state index in [-0.39, 0.29) is 35.3 Å². The van der Waals surface area contributed by atoms with Gasteiger partial charge in [0.25, 0.3) is 0 Å². The fourth-order valence-electron chi connectivity index (χ4n) is 0.827.